The lowest BCUT2D eigenvalue weighted by Crippen LogP contribution is -2.31. The highest BCUT2D eigenvalue weighted by Gasteiger charge is 2.32. The van der Waals surface area contributed by atoms with Crippen molar-refractivity contribution in [2.24, 2.45) is 0 Å². The van der Waals surface area contributed by atoms with E-state index in [0.717, 1.165) is 55.2 Å². The highest BCUT2D eigenvalue weighted by atomic mass is 32.2. The molecule has 9 nitrogen and oxygen atoms in total. The third kappa shape index (κ3) is 8.72. The van der Waals surface area contributed by atoms with Crippen LogP contribution in [0.1, 0.15) is 58.5 Å². The number of thioether (sulfide) groups is 1. The zero-order valence-corrected chi connectivity index (χ0v) is 29.4. The van der Waals surface area contributed by atoms with Crippen molar-refractivity contribution in [1.82, 2.24) is 15.3 Å². The summed E-state index contributed by atoms with van der Waals surface area (Å²) < 4.78 is 13.1. The van der Waals surface area contributed by atoms with Gasteiger partial charge >= 0.3 is 0 Å². The van der Waals surface area contributed by atoms with Gasteiger partial charge in [0, 0.05) is 41.8 Å². The van der Waals surface area contributed by atoms with Gasteiger partial charge in [0.2, 0.25) is 5.91 Å². The molecule has 52 heavy (non-hydrogen) atoms. The summed E-state index contributed by atoms with van der Waals surface area (Å²) in [5, 5.41) is 15.3. The number of fused-ring (bicyclic) bond motifs is 1. The van der Waals surface area contributed by atoms with Gasteiger partial charge in [0.15, 0.2) is 6.29 Å². The van der Waals surface area contributed by atoms with Gasteiger partial charge in [0.25, 0.3) is 5.91 Å². The second kappa shape index (κ2) is 16.3. The SMILES string of the molecule is CC(=O)Nc1ccc(SC[C@H]2C[C@@H](c3ccc(CO)cc3)O[C@@H](c3ccc(-c4cccc(CNC(=O)c5cnc6ccccc6n5)c4)cc3)O2)cc1. The zero-order valence-electron chi connectivity index (χ0n) is 28.6. The van der Waals surface area contributed by atoms with Gasteiger partial charge in [-0.05, 0) is 70.3 Å². The van der Waals surface area contributed by atoms with Crippen molar-refractivity contribution in [1.29, 1.82) is 0 Å². The third-order valence-corrected chi connectivity index (χ3v) is 9.95. The van der Waals surface area contributed by atoms with Crippen LogP contribution in [-0.2, 0) is 27.4 Å². The standard InChI is InChI=1S/C42H38N4O5S/c1-27(48)45-34-17-19-36(20-18-34)52-26-35-22-40(31-11-9-28(25-47)10-12-31)51-42(50-35)32-15-13-30(14-16-32)33-6-4-5-29(21-33)23-44-41(49)39-24-43-37-7-2-3-8-38(37)46-39/h2-21,24,35,40,42,47H,22-23,25-26H2,1H3,(H,44,49)(H,45,48)/t35-,40+,42+/m1/s1. The molecule has 1 aliphatic heterocycles. The fourth-order valence-corrected chi connectivity index (χ4v) is 7.00. The van der Waals surface area contributed by atoms with Crippen LogP contribution in [0, 0.1) is 0 Å². The Morgan fingerprint density at radius 3 is 2.31 bits per heavy atom. The summed E-state index contributed by atoms with van der Waals surface area (Å²) in [5.41, 5.74) is 8.27. The molecule has 6 aromatic rings. The van der Waals surface area contributed by atoms with Crippen LogP contribution in [0.3, 0.4) is 0 Å². The van der Waals surface area contributed by atoms with Gasteiger partial charge in [-0.2, -0.15) is 0 Å². The Kier molecular flexibility index (Phi) is 11.0. The molecule has 1 aliphatic rings. The summed E-state index contributed by atoms with van der Waals surface area (Å²) >= 11 is 1.70. The fourth-order valence-electron chi connectivity index (χ4n) is 6.08. The quantitative estimate of drug-likeness (QED) is 0.116. The maximum absolute atomic E-state index is 12.9. The van der Waals surface area contributed by atoms with Gasteiger partial charge in [-0.25, -0.2) is 4.98 Å². The highest BCUT2D eigenvalue weighted by molar-refractivity contribution is 7.99. The number of amides is 2. The molecule has 7 rings (SSSR count). The Morgan fingerprint density at radius 1 is 0.808 bits per heavy atom. The largest absolute Gasteiger partial charge is 0.392 e. The van der Waals surface area contributed by atoms with E-state index in [9.17, 15) is 14.7 Å². The van der Waals surface area contributed by atoms with Crippen molar-refractivity contribution in [2.45, 2.75) is 49.9 Å². The Labute approximate surface area is 306 Å². The number of anilines is 1. The lowest BCUT2D eigenvalue weighted by molar-refractivity contribution is -0.245. The lowest BCUT2D eigenvalue weighted by Gasteiger charge is -2.36. The number of ether oxygens (including phenoxy) is 2. The van der Waals surface area contributed by atoms with Crippen molar-refractivity contribution >= 4 is 40.3 Å². The van der Waals surface area contributed by atoms with E-state index >= 15 is 0 Å². The molecule has 1 saturated heterocycles. The summed E-state index contributed by atoms with van der Waals surface area (Å²) in [6, 6.07) is 39.4. The molecule has 2 heterocycles. The molecule has 2 amide bonds. The number of nitrogens with one attached hydrogen (secondary N) is 2. The van der Waals surface area contributed by atoms with Crippen molar-refractivity contribution in [3.63, 3.8) is 0 Å². The zero-order chi connectivity index (χ0) is 35.9. The van der Waals surface area contributed by atoms with Crippen LogP contribution in [0.25, 0.3) is 22.2 Å². The summed E-state index contributed by atoms with van der Waals surface area (Å²) in [5.74, 6) is 0.343. The van der Waals surface area contributed by atoms with E-state index in [-0.39, 0.29) is 36.3 Å². The van der Waals surface area contributed by atoms with E-state index in [4.69, 9.17) is 9.47 Å². The molecule has 0 radical (unpaired) electrons. The minimum absolute atomic E-state index is 0.0120. The number of aliphatic hydroxyl groups is 1. The predicted octanol–water partition coefficient (Wildman–Crippen LogP) is 8.02. The molecule has 0 spiro atoms. The van der Waals surface area contributed by atoms with E-state index in [1.807, 2.05) is 103 Å². The second-order valence-corrected chi connectivity index (χ2v) is 13.7. The minimum Gasteiger partial charge on any atom is -0.392 e. The Bertz CT molecular complexity index is 2160. The van der Waals surface area contributed by atoms with Crippen molar-refractivity contribution < 1.29 is 24.2 Å². The van der Waals surface area contributed by atoms with E-state index < -0.39 is 6.29 Å². The Hall–Kier alpha value is -5.39. The van der Waals surface area contributed by atoms with Crippen molar-refractivity contribution in [2.75, 3.05) is 11.1 Å². The van der Waals surface area contributed by atoms with Crippen LogP contribution in [0.2, 0.25) is 0 Å². The van der Waals surface area contributed by atoms with E-state index in [1.165, 1.54) is 13.1 Å². The summed E-state index contributed by atoms with van der Waals surface area (Å²) in [4.78, 5) is 34.2. The molecule has 3 N–H and O–H groups in total. The number of hydrogen-bond acceptors (Lipinski definition) is 8. The number of rotatable bonds is 11. The summed E-state index contributed by atoms with van der Waals surface area (Å²) in [6.07, 6.45) is 1.33. The molecule has 0 saturated carbocycles. The molecule has 0 unspecified atom stereocenters. The van der Waals surface area contributed by atoms with Gasteiger partial charge in [0.1, 0.15) is 5.69 Å². The number of para-hydroxylation sites is 2. The van der Waals surface area contributed by atoms with Gasteiger partial charge in [-0.15, -0.1) is 11.8 Å². The monoisotopic (exact) mass is 710 g/mol. The molecule has 1 fully saturated rings. The minimum atomic E-state index is -0.571. The number of hydrogen-bond donors (Lipinski definition) is 3. The molecule has 3 atom stereocenters. The average Bonchev–Trinajstić information content (AvgIpc) is 3.19. The first-order valence-corrected chi connectivity index (χ1v) is 18.1. The first-order chi connectivity index (χ1) is 25.4. The number of aliphatic hydroxyl groups excluding tert-OH is 1. The normalized spacial score (nSPS) is 17.1. The predicted molar refractivity (Wildman–Crippen MR) is 202 cm³/mol. The molecule has 0 bridgehead atoms. The van der Waals surface area contributed by atoms with Crippen LogP contribution >= 0.6 is 11.8 Å². The lowest BCUT2D eigenvalue weighted by atomic mass is 9.99. The molecular formula is C42H38N4O5S. The van der Waals surface area contributed by atoms with E-state index in [2.05, 4.69) is 38.8 Å². The third-order valence-electron chi connectivity index (χ3n) is 8.80. The molecule has 10 heteroatoms. The van der Waals surface area contributed by atoms with E-state index in [0.29, 0.717) is 18.5 Å². The fraction of sp³-hybridized carbons (Fsp3) is 0.190. The van der Waals surface area contributed by atoms with Crippen LogP contribution < -0.4 is 10.6 Å². The molecule has 5 aromatic carbocycles. The van der Waals surface area contributed by atoms with Gasteiger partial charge < -0.3 is 25.2 Å². The number of carbonyl (C=O) groups is 2. The number of aromatic nitrogens is 2. The smallest absolute Gasteiger partial charge is 0.271 e. The topological polar surface area (TPSA) is 123 Å². The maximum Gasteiger partial charge on any atom is 0.271 e. The summed E-state index contributed by atoms with van der Waals surface area (Å²) in [7, 11) is 0. The second-order valence-electron chi connectivity index (χ2n) is 12.6. The van der Waals surface area contributed by atoms with Crippen LogP contribution in [0.15, 0.2) is 132 Å². The number of nitrogens with zero attached hydrogens (tertiary/aromatic N) is 2. The number of carbonyl (C=O) groups excluding carboxylic acids is 2. The molecule has 0 aliphatic carbocycles. The summed E-state index contributed by atoms with van der Waals surface area (Å²) in [6.45, 7) is 1.83. The average molecular weight is 711 g/mol. The van der Waals surface area contributed by atoms with Crippen LogP contribution in [0.4, 0.5) is 5.69 Å². The van der Waals surface area contributed by atoms with Crippen molar-refractivity contribution in [3.8, 4) is 11.1 Å². The van der Waals surface area contributed by atoms with Gasteiger partial charge in [-0.3, -0.25) is 14.6 Å². The first-order valence-electron chi connectivity index (χ1n) is 17.1. The van der Waals surface area contributed by atoms with Crippen LogP contribution in [-0.4, -0.2) is 38.7 Å². The van der Waals surface area contributed by atoms with Gasteiger partial charge in [-0.1, -0.05) is 78.9 Å². The van der Waals surface area contributed by atoms with Gasteiger partial charge in [0.05, 0.1) is 36.0 Å². The Morgan fingerprint density at radius 2 is 1.56 bits per heavy atom. The van der Waals surface area contributed by atoms with E-state index in [1.54, 1.807) is 11.8 Å². The van der Waals surface area contributed by atoms with Crippen LogP contribution in [0.5, 0.6) is 0 Å². The molecular weight excluding hydrogens is 673 g/mol. The Balaban J connectivity index is 1.03. The van der Waals surface area contributed by atoms with Crippen molar-refractivity contribution in [3.05, 3.63) is 155 Å². The molecule has 1 aromatic heterocycles. The highest BCUT2D eigenvalue weighted by Crippen LogP contribution is 2.40. The number of benzene rings is 5. The molecule has 262 valence electrons. The maximum atomic E-state index is 12.9. The first kappa shape index (κ1) is 35.0.